The predicted molar refractivity (Wildman–Crippen MR) is 66.3 cm³/mol. The van der Waals surface area contributed by atoms with E-state index in [0.29, 0.717) is 5.57 Å². The van der Waals surface area contributed by atoms with Crippen molar-refractivity contribution in [3.63, 3.8) is 0 Å². The van der Waals surface area contributed by atoms with Crippen molar-refractivity contribution in [2.45, 2.75) is 0 Å². The average molecular weight is 225 g/mol. The first-order valence-electron chi connectivity index (χ1n) is 4.85. The van der Waals surface area contributed by atoms with Gasteiger partial charge in [-0.1, -0.05) is 31.4 Å². The molecule has 0 bridgehead atoms. The van der Waals surface area contributed by atoms with E-state index >= 15 is 0 Å². The van der Waals surface area contributed by atoms with Gasteiger partial charge in [0.25, 0.3) is 0 Å². The van der Waals surface area contributed by atoms with E-state index in [0.717, 1.165) is 11.1 Å². The summed E-state index contributed by atoms with van der Waals surface area (Å²) in [6, 6.07) is 8.26. The molecule has 3 nitrogen and oxygen atoms in total. The van der Waals surface area contributed by atoms with E-state index in [1.54, 1.807) is 24.3 Å². The van der Waals surface area contributed by atoms with Crippen molar-refractivity contribution in [2.24, 2.45) is 0 Å². The van der Waals surface area contributed by atoms with Crippen molar-refractivity contribution in [1.29, 1.82) is 5.26 Å². The molecule has 0 aromatic heterocycles. The van der Waals surface area contributed by atoms with Crippen molar-refractivity contribution in [3.8, 4) is 6.07 Å². The van der Waals surface area contributed by atoms with E-state index in [-0.39, 0.29) is 5.56 Å². The molecule has 0 aliphatic carbocycles. The molecule has 0 radical (unpaired) electrons. The van der Waals surface area contributed by atoms with Gasteiger partial charge in [0.2, 0.25) is 0 Å². The lowest BCUT2D eigenvalue weighted by Gasteiger charge is -2.02. The summed E-state index contributed by atoms with van der Waals surface area (Å²) in [4.78, 5) is 10.7. The lowest BCUT2D eigenvalue weighted by molar-refractivity contribution is 0.0697. The van der Waals surface area contributed by atoms with E-state index in [2.05, 4.69) is 13.2 Å². The lowest BCUT2D eigenvalue weighted by Crippen LogP contribution is -1.95. The van der Waals surface area contributed by atoms with Crippen molar-refractivity contribution >= 4 is 11.5 Å². The quantitative estimate of drug-likeness (QED) is 0.632. The number of allylic oxidation sites excluding steroid dienone is 4. The Bertz CT molecular complexity index is 530. The summed E-state index contributed by atoms with van der Waals surface area (Å²) in [7, 11) is 0. The van der Waals surface area contributed by atoms with Gasteiger partial charge in [0.05, 0.1) is 11.6 Å². The standard InChI is InChI=1S/C14H11NO2/c1-3-11(8-10(2)9-15)12-4-6-13(7-5-12)14(16)17/h3-8H,1-2H2,(H,16,17)/b11-8+. The third-order valence-corrected chi connectivity index (χ3v) is 2.16. The van der Waals surface area contributed by atoms with Gasteiger partial charge in [0.15, 0.2) is 0 Å². The molecule has 0 amide bonds. The Labute approximate surface area is 99.6 Å². The van der Waals surface area contributed by atoms with Crippen LogP contribution in [-0.2, 0) is 0 Å². The van der Waals surface area contributed by atoms with Gasteiger partial charge in [-0.2, -0.15) is 5.26 Å². The van der Waals surface area contributed by atoms with E-state index < -0.39 is 5.97 Å². The first-order chi connectivity index (χ1) is 8.08. The number of nitriles is 1. The van der Waals surface area contributed by atoms with Crippen LogP contribution in [0.1, 0.15) is 15.9 Å². The molecule has 1 aromatic rings. The average Bonchev–Trinajstić information content (AvgIpc) is 2.35. The molecule has 0 fully saturated rings. The molecule has 17 heavy (non-hydrogen) atoms. The Balaban J connectivity index is 3.11. The third kappa shape index (κ3) is 3.18. The van der Waals surface area contributed by atoms with E-state index in [9.17, 15) is 4.79 Å². The zero-order chi connectivity index (χ0) is 12.8. The maximum Gasteiger partial charge on any atom is 0.335 e. The van der Waals surface area contributed by atoms with Crippen LogP contribution in [0.25, 0.3) is 5.57 Å². The van der Waals surface area contributed by atoms with Gasteiger partial charge < -0.3 is 5.11 Å². The van der Waals surface area contributed by atoms with Gasteiger partial charge in [-0.05, 0) is 29.3 Å². The Kier molecular flexibility index (Phi) is 4.02. The third-order valence-electron chi connectivity index (χ3n) is 2.16. The minimum absolute atomic E-state index is 0.219. The maximum absolute atomic E-state index is 10.7. The fourth-order valence-electron chi connectivity index (χ4n) is 1.29. The number of benzene rings is 1. The molecule has 84 valence electrons. The van der Waals surface area contributed by atoms with Gasteiger partial charge in [0.1, 0.15) is 0 Å². The summed E-state index contributed by atoms with van der Waals surface area (Å²) in [5, 5.41) is 17.4. The lowest BCUT2D eigenvalue weighted by atomic mass is 10.0. The van der Waals surface area contributed by atoms with Gasteiger partial charge in [0, 0.05) is 5.57 Å². The number of aromatic carboxylic acids is 1. The van der Waals surface area contributed by atoms with Crippen molar-refractivity contribution in [2.75, 3.05) is 0 Å². The SMILES string of the molecule is C=C/C(=C\C(=C)C#N)c1ccc(C(=O)O)cc1. The molecule has 0 saturated heterocycles. The molecule has 0 atom stereocenters. The molecule has 0 heterocycles. The number of hydrogen-bond donors (Lipinski definition) is 1. The van der Waals surface area contributed by atoms with Crippen LogP contribution in [0.15, 0.2) is 55.1 Å². The largest absolute Gasteiger partial charge is 0.478 e. The van der Waals surface area contributed by atoms with Crippen LogP contribution >= 0.6 is 0 Å². The zero-order valence-electron chi connectivity index (χ0n) is 9.18. The number of carbonyl (C=O) groups is 1. The summed E-state index contributed by atoms with van der Waals surface area (Å²) < 4.78 is 0. The molecule has 0 saturated carbocycles. The van der Waals surface area contributed by atoms with E-state index in [4.69, 9.17) is 10.4 Å². The molecule has 0 spiro atoms. The molecule has 1 aromatic carbocycles. The van der Waals surface area contributed by atoms with Crippen LogP contribution in [0.3, 0.4) is 0 Å². The summed E-state index contributed by atoms with van der Waals surface area (Å²) in [6.45, 7) is 7.20. The number of carboxylic acids is 1. The normalized spacial score (nSPS) is 10.4. The van der Waals surface area contributed by atoms with Gasteiger partial charge in [-0.25, -0.2) is 4.79 Å². The first kappa shape index (κ1) is 12.5. The van der Waals surface area contributed by atoms with Crippen LogP contribution in [-0.4, -0.2) is 11.1 Å². The van der Waals surface area contributed by atoms with Crippen LogP contribution in [0.4, 0.5) is 0 Å². The molecular weight excluding hydrogens is 214 g/mol. The van der Waals surface area contributed by atoms with Gasteiger partial charge in [-0.3, -0.25) is 0 Å². The van der Waals surface area contributed by atoms with Crippen molar-refractivity contribution < 1.29 is 9.90 Å². The highest BCUT2D eigenvalue weighted by molar-refractivity contribution is 5.88. The van der Waals surface area contributed by atoms with Crippen molar-refractivity contribution in [3.05, 3.63) is 66.3 Å². The van der Waals surface area contributed by atoms with Crippen LogP contribution in [0, 0.1) is 11.3 Å². The van der Waals surface area contributed by atoms with Gasteiger partial charge >= 0.3 is 5.97 Å². The van der Waals surface area contributed by atoms with Crippen molar-refractivity contribution in [1.82, 2.24) is 0 Å². The highest BCUT2D eigenvalue weighted by Crippen LogP contribution is 2.18. The highest BCUT2D eigenvalue weighted by Gasteiger charge is 2.03. The Morgan fingerprint density at radius 1 is 1.29 bits per heavy atom. The smallest absolute Gasteiger partial charge is 0.335 e. The summed E-state index contributed by atoms with van der Waals surface area (Å²) in [6.07, 6.45) is 3.20. The zero-order valence-corrected chi connectivity index (χ0v) is 9.18. The minimum atomic E-state index is -0.970. The molecule has 0 aliphatic rings. The molecular formula is C14H11NO2. The maximum atomic E-state index is 10.7. The van der Waals surface area contributed by atoms with Gasteiger partial charge in [-0.15, -0.1) is 0 Å². The topological polar surface area (TPSA) is 61.1 Å². The second-order valence-corrected chi connectivity index (χ2v) is 3.32. The molecule has 0 aliphatic heterocycles. The monoisotopic (exact) mass is 225 g/mol. The number of rotatable bonds is 4. The second kappa shape index (κ2) is 5.47. The number of hydrogen-bond acceptors (Lipinski definition) is 2. The second-order valence-electron chi connectivity index (χ2n) is 3.32. The van der Waals surface area contributed by atoms with Crippen LogP contribution in [0.2, 0.25) is 0 Å². The van der Waals surface area contributed by atoms with E-state index in [1.165, 1.54) is 12.1 Å². The Morgan fingerprint density at radius 2 is 1.82 bits per heavy atom. The first-order valence-corrected chi connectivity index (χ1v) is 4.85. The van der Waals surface area contributed by atoms with Crippen LogP contribution in [0.5, 0.6) is 0 Å². The summed E-state index contributed by atoms with van der Waals surface area (Å²) >= 11 is 0. The molecule has 3 heteroatoms. The van der Waals surface area contributed by atoms with Crippen LogP contribution < -0.4 is 0 Å². The Morgan fingerprint density at radius 3 is 2.24 bits per heavy atom. The Hall–Kier alpha value is -2.60. The highest BCUT2D eigenvalue weighted by atomic mass is 16.4. The predicted octanol–water partition coefficient (Wildman–Crippen LogP) is 3.03. The minimum Gasteiger partial charge on any atom is -0.478 e. The fourth-order valence-corrected chi connectivity index (χ4v) is 1.29. The molecule has 0 unspecified atom stereocenters. The summed E-state index contributed by atoms with van der Waals surface area (Å²) in [5.74, 6) is -0.970. The van der Waals surface area contributed by atoms with E-state index in [1.807, 2.05) is 6.07 Å². The number of carboxylic acid groups (broad SMARTS) is 1. The molecule has 1 N–H and O–H groups in total. The molecule has 1 rings (SSSR count). The fraction of sp³-hybridized carbons (Fsp3) is 0. The summed E-state index contributed by atoms with van der Waals surface area (Å²) in [5.41, 5.74) is 2.06. The number of nitrogens with zero attached hydrogens (tertiary/aromatic N) is 1.